The number of carbonyl (C=O) groups is 2. The van der Waals surface area contributed by atoms with Crippen LogP contribution in [0.2, 0.25) is 0 Å². The number of hydrogen-bond donors (Lipinski definition) is 0. The lowest BCUT2D eigenvalue weighted by Crippen LogP contribution is -2.19. The SMILES string of the molecule is COC(=O)C(C#N)=c1ccc(=C(C#N)C(=O)OC)cc1. The summed E-state index contributed by atoms with van der Waals surface area (Å²) < 4.78 is 8.96. The van der Waals surface area contributed by atoms with E-state index in [1.807, 2.05) is 0 Å². The van der Waals surface area contributed by atoms with Gasteiger partial charge in [0.2, 0.25) is 0 Å². The molecule has 0 aliphatic rings. The lowest BCUT2D eigenvalue weighted by Gasteiger charge is -1.97. The van der Waals surface area contributed by atoms with Crippen molar-refractivity contribution in [2.45, 2.75) is 0 Å². The first-order valence-corrected chi connectivity index (χ1v) is 5.40. The Bertz CT molecular complexity index is 662. The van der Waals surface area contributed by atoms with Gasteiger partial charge in [-0.2, -0.15) is 10.5 Å². The first kappa shape index (κ1) is 14.9. The zero-order valence-electron chi connectivity index (χ0n) is 10.8. The van der Waals surface area contributed by atoms with Crippen molar-refractivity contribution in [2.75, 3.05) is 14.2 Å². The molecule has 1 aromatic rings. The van der Waals surface area contributed by atoms with E-state index in [9.17, 15) is 9.59 Å². The maximum Gasteiger partial charge on any atom is 0.349 e. The summed E-state index contributed by atoms with van der Waals surface area (Å²) in [4.78, 5) is 22.7. The Labute approximate surface area is 114 Å². The van der Waals surface area contributed by atoms with Gasteiger partial charge in [0.1, 0.15) is 23.3 Å². The summed E-state index contributed by atoms with van der Waals surface area (Å²) in [6.07, 6.45) is 0. The number of ether oxygens (including phenoxy) is 2. The van der Waals surface area contributed by atoms with Gasteiger partial charge in [0.15, 0.2) is 0 Å². The van der Waals surface area contributed by atoms with E-state index in [4.69, 9.17) is 10.5 Å². The van der Waals surface area contributed by atoms with Crippen molar-refractivity contribution < 1.29 is 19.1 Å². The van der Waals surface area contributed by atoms with Gasteiger partial charge < -0.3 is 9.47 Å². The molecule has 0 fully saturated rings. The second-order valence-electron chi connectivity index (χ2n) is 3.53. The molecule has 0 saturated carbocycles. The van der Waals surface area contributed by atoms with Crippen LogP contribution in [0.3, 0.4) is 0 Å². The second kappa shape index (κ2) is 6.72. The quantitative estimate of drug-likeness (QED) is 0.664. The Morgan fingerprint density at radius 1 is 0.850 bits per heavy atom. The molecule has 0 bridgehead atoms. The molecule has 1 aromatic carbocycles. The Kier molecular flexibility index (Phi) is 5.02. The molecule has 0 amide bonds. The standard InChI is InChI=1S/C14H10N2O4/c1-19-13(17)11(7-15)9-3-5-10(6-4-9)12(8-16)14(18)20-2/h3-6H,1-2H3. The highest BCUT2D eigenvalue weighted by molar-refractivity contribution is 6.16. The summed E-state index contributed by atoms with van der Waals surface area (Å²) >= 11 is 0. The maximum absolute atomic E-state index is 11.4. The molecule has 6 nitrogen and oxygen atoms in total. The van der Waals surface area contributed by atoms with Gasteiger partial charge in [0.25, 0.3) is 0 Å². The van der Waals surface area contributed by atoms with Crippen LogP contribution in [-0.2, 0) is 19.1 Å². The number of methoxy groups -OCH3 is 2. The van der Waals surface area contributed by atoms with Gasteiger partial charge in [0.05, 0.1) is 14.2 Å². The third kappa shape index (κ3) is 3.01. The maximum atomic E-state index is 11.4. The van der Waals surface area contributed by atoms with Crippen molar-refractivity contribution in [1.82, 2.24) is 0 Å². The van der Waals surface area contributed by atoms with Gasteiger partial charge in [-0.1, -0.05) is 24.3 Å². The minimum atomic E-state index is -0.752. The fraction of sp³-hybridized carbons (Fsp3) is 0.143. The summed E-state index contributed by atoms with van der Waals surface area (Å²) in [5, 5.41) is 18.5. The number of hydrogen-bond acceptors (Lipinski definition) is 6. The first-order valence-electron chi connectivity index (χ1n) is 5.40. The molecule has 20 heavy (non-hydrogen) atoms. The highest BCUT2D eigenvalue weighted by atomic mass is 16.5. The molecule has 0 aliphatic carbocycles. The predicted octanol–water partition coefficient (Wildman–Crippen LogP) is -0.619. The Morgan fingerprint density at radius 2 is 1.15 bits per heavy atom. The fourth-order valence-corrected chi connectivity index (χ4v) is 1.46. The third-order valence-corrected chi connectivity index (χ3v) is 2.46. The molecule has 0 heterocycles. The third-order valence-electron chi connectivity index (χ3n) is 2.46. The molecule has 100 valence electrons. The Morgan fingerprint density at radius 3 is 1.35 bits per heavy atom. The molecule has 1 rings (SSSR count). The van der Waals surface area contributed by atoms with Crippen molar-refractivity contribution in [3.8, 4) is 12.1 Å². The van der Waals surface area contributed by atoms with Gasteiger partial charge in [-0.05, 0) is 10.4 Å². The van der Waals surface area contributed by atoms with E-state index in [-0.39, 0.29) is 11.1 Å². The van der Waals surface area contributed by atoms with E-state index >= 15 is 0 Å². The number of benzene rings is 1. The molecule has 0 atom stereocenters. The summed E-state index contributed by atoms with van der Waals surface area (Å²) in [5.74, 6) is -1.50. The van der Waals surface area contributed by atoms with Crippen molar-refractivity contribution in [3.63, 3.8) is 0 Å². The van der Waals surface area contributed by atoms with Gasteiger partial charge in [0, 0.05) is 0 Å². The lowest BCUT2D eigenvalue weighted by atomic mass is 10.1. The van der Waals surface area contributed by atoms with Crippen LogP contribution in [0, 0.1) is 22.7 Å². The Hall–Kier alpha value is -3.12. The molecule has 0 spiro atoms. The Balaban J connectivity index is 3.53. The summed E-state index contributed by atoms with van der Waals surface area (Å²) in [5.41, 5.74) is -0.314. The smallest absolute Gasteiger partial charge is 0.349 e. The van der Waals surface area contributed by atoms with Crippen LogP contribution >= 0.6 is 0 Å². The van der Waals surface area contributed by atoms with Crippen LogP contribution in [0.25, 0.3) is 11.1 Å². The highest BCUT2D eigenvalue weighted by Crippen LogP contribution is 1.95. The summed E-state index contributed by atoms with van der Waals surface area (Å²) in [6, 6.07) is 9.29. The molecule has 0 unspecified atom stereocenters. The molecule has 0 N–H and O–H groups in total. The average Bonchev–Trinajstić information content (AvgIpc) is 2.49. The van der Waals surface area contributed by atoms with Crippen LogP contribution in [-0.4, -0.2) is 26.2 Å². The minimum Gasteiger partial charge on any atom is -0.465 e. The first-order chi connectivity index (χ1) is 9.58. The number of nitrogens with zero attached hydrogens (tertiary/aromatic N) is 2. The van der Waals surface area contributed by atoms with Crippen molar-refractivity contribution in [2.24, 2.45) is 0 Å². The monoisotopic (exact) mass is 270 g/mol. The molecule has 0 saturated heterocycles. The molecular weight excluding hydrogens is 260 g/mol. The highest BCUT2D eigenvalue weighted by Gasteiger charge is 2.11. The van der Waals surface area contributed by atoms with E-state index < -0.39 is 11.9 Å². The van der Waals surface area contributed by atoms with Crippen molar-refractivity contribution in [3.05, 3.63) is 34.7 Å². The average molecular weight is 270 g/mol. The lowest BCUT2D eigenvalue weighted by molar-refractivity contribution is -0.134. The zero-order chi connectivity index (χ0) is 15.1. The van der Waals surface area contributed by atoms with Gasteiger partial charge >= 0.3 is 11.9 Å². The fourth-order valence-electron chi connectivity index (χ4n) is 1.46. The molecule has 6 heteroatoms. The van der Waals surface area contributed by atoms with Crippen LogP contribution in [0.4, 0.5) is 0 Å². The van der Waals surface area contributed by atoms with E-state index in [2.05, 4.69) is 9.47 Å². The summed E-state index contributed by atoms with van der Waals surface area (Å²) in [7, 11) is 2.35. The largest absolute Gasteiger partial charge is 0.465 e. The van der Waals surface area contributed by atoms with Crippen LogP contribution < -0.4 is 10.4 Å². The van der Waals surface area contributed by atoms with Gasteiger partial charge in [-0.3, -0.25) is 0 Å². The number of carbonyl (C=O) groups excluding carboxylic acids is 2. The normalized spacial score (nSPS) is 8.80. The molecule has 0 aliphatic heterocycles. The van der Waals surface area contributed by atoms with Crippen molar-refractivity contribution >= 4 is 23.1 Å². The minimum absolute atomic E-state index is 0.157. The van der Waals surface area contributed by atoms with Crippen LogP contribution in [0.5, 0.6) is 0 Å². The van der Waals surface area contributed by atoms with E-state index in [1.54, 1.807) is 12.1 Å². The number of rotatable bonds is 2. The molecule has 0 radical (unpaired) electrons. The summed E-state index contributed by atoms with van der Waals surface area (Å²) in [6.45, 7) is 0. The number of esters is 2. The van der Waals surface area contributed by atoms with Crippen LogP contribution in [0.15, 0.2) is 24.3 Å². The van der Waals surface area contributed by atoms with Crippen LogP contribution in [0.1, 0.15) is 0 Å². The number of nitriles is 2. The van der Waals surface area contributed by atoms with E-state index in [1.165, 1.54) is 38.5 Å². The van der Waals surface area contributed by atoms with Gasteiger partial charge in [-0.15, -0.1) is 0 Å². The molecular formula is C14H10N2O4. The van der Waals surface area contributed by atoms with E-state index in [0.29, 0.717) is 10.4 Å². The van der Waals surface area contributed by atoms with E-state index in [0.717, 1.165) is 0 Å². The predicted molar refractivity (Wildman–Crippen MR) is 67.8 cm³/mol. The van der Waals surface area contributed by atoms with Crippen molar-refractivity contribution in [1.29, 1.82) is 10.5 Å². The second-order valence-corrected chi connectivity index (χ2v) is 3.53. The topological polar surface area (TPSA) is 100 Å². The van der Waals surface area contributed by atoms with Gasteiger partial charge in [-0.25, -0.2) is 9.59 Å². The zero-order valence-corrected chi connectivity index (χ0v) is 10.8. The molecule has 0 aromatic heterocycles.